The summed E-state index contributed by atoms with van der Waals surface area (Å²) in [7, 11) is 0. The van der Waals surface area contributed by atoms with Gasteiger partial charge in [-0.1, -0.05) is 60.7 Å². The first kappa shape index (κ1) is 23.9. The van der Waals surface area contributed by atoms with Crippen molar-refractivity contribution in [1.82, 2.24) is 9.80 Å². The van der Waals surface area contributed by atoms with Crippen LogP contribution in [0.2, 0.25) is 0 Å². The molecule has 6 heteroatoms. The Morgan fingerprint density at radius 3 is 1.89 bits per heavy atom. The molecule has 176 valence electrons. The number of carbonyl (C=O) groups excluding carboxylic acids is 2. The summed E-state index contributed by atoms with van der Waals surface area (Å²) in [6.45, 7) is 4.52. The smallest absolute Gasteiger partial charge is 0.267 e. The molecule has 0 unspecified atom stereocenters. The molecule has 0 radical (unpaired) electrons. The van der Waals surface area contributed by atoms with Gasteiger partial charge < -0.3 is 10.2 Å². The molecule has 3 aromatic rings. The standard InChI is InChI=1S/C29H28N4O2/c1-22(34)23-12-14-27(15-13-23)31-29(35)26(20-30)21-32-16-18-33(19-17-32)28(24-8-4-2-5-9-24)25-10-6-3-7-11-25/h2-15,21,28H,16-19H2,1H3,(H,31,35)/b26-21-. The van der Waals surface area contributed by atoms with Gasteiger partial charge in [0, 0.05) is 43.6 Å². The largest absolute Gasteiger partial charge is 0.374 e. The van der Waals surface area contributed by atoms with Crippen molar-refractivity contribution in [2.45, 2.75) is 13.0 Å². The molecule has 0 saturated carbocycles. The number of hydrogen-bond donors (Lipinski definition) is 1. The van der Waals surface area contributed by atoms with Crippen molar-refractivity contribution in [3.05, 3.63) is 113 Å². The minimum atomic E-state index is -0.461. The van der Waals surface area contributed by atoms with Crippen LogP contribution in [0.3, 0.4) is 0 Å². The van der Waals surface area contributed by atoms with Gasteiger partial charge in [0.1, 0.15) is 11.6 Å². The Labute approximate surface area is 206 Å². The molecule has 4 rings (SSSR count). The average Bonchev–Trinajstić information content (AvgIpc) is 2.90. The van der Waals surface area contributed by atoms with Gasteiger partial charge in [-0.25, -0.2) is 0 Å². The summed E-state index contributed by atoms with van der Waals surface area (Å²) in [5, 5.41) is 12.3. The van der Waals surface area contributed by atoms with Gasteiger partial charge >= 0.3 is 0 Å². The van der Waals surface area contributed by atoms with Crippen LogP contribution in [0.1, 0.15) is 34.5 Å². The molecular formula is C29H28N4O2. The number of benzene rings is 3. The molecule has 1 fully saturated rings. The second kappa shape index (κ2) is 11.3. The Morgan fingerprint density at radius 1 is 0.857 bits per heavy atom. The Hall–Kier alpha value is -4.21. The molecule has 0 spiro atoms. The van der Waals surface area contributed by atoms with Crippen LogP contribution in [-0.4, -0.2) is 47.7 Å². The molecule has 1 aliphatic rings. The lowest BCUT2D eigenvalue weighted by molar-refractivity contribution is -0.112. The highest BCUT2D eigenvalue weighted by molar-refractivity contribution is 6.06. The van der Waals surface area contributed by atoms with Crippen LogP contribution in [0, 0.1) is 11.3 Å². The lowest BCUT2D eigenvalue weighted by atomic mass is 9.96. The second-order valence-corrected chi connectivity index (χ2v) is 8.54. The van der Waals surface area contributed by atoms with Crippen molar-refractivity contribution in [3.8, 4) is 6.07 Å². The molecular weight excluding hydrogens is 436 g/mol. The molecule has 1 heterocycles. The maximum atomic E-state index is 12.7. The molecule has 35 heavy (non-hydrogen) atoms. The van der Waals surface area contributed by atoms with Gasteiger partial charge in [-0.05, 0) is 42.3 Å². The third-order valence-electron chi connectivity index (χ3n) is 6.17. The van der Waals surface area contributed by atoms with Gasteiger partial charge in [0.2, 0.25) is 0 Å². The van der Waals surface area contributed by atoms with Crippen LogP contribution in [0.25, 0.3) is 0 Å². The quantitative estimate of drug-likeness (QED) is 0.313. The molecule has 0 aromatic heterocycles. The molecule has 1 amide bonds. The predicted molar refractivity (Wildman–Crippen MR) is 137 cm³/mol. The van der Waals surface area contributed by atoms with Crippen LogP contribution < -0.4 is 5.32 Å². The van der Waals surface area contributed by atoms with Gasteiger partial charge in [0.25, 0.3) is 5.91 Å². The van der Waals surface area contributed by atoms with Gasteiger partial charge in [0.05, 0.1) is 6.04 Å². The van der Waals surface area contributed by atoms with E-state index in [4.69, 9.17) is 0 Å². The predicted octanol–water partition coefficient (Wildman–Crippen LogP) is 4.64. The molecule has 1 aliphatic heterocycles. The van der Waals surface area contributed by atoms with E-state index in [0.717, 1.165) is 13.1 Å². The van der Waals surface area contributed by atoms with Gasteiger partial charge in [-0.15, -0.1) is 0 Å². The number of carbonyl (C=O) groups is 2. The number of ketones is 1. The number of anilines is 1. The fraction of sp³-hybridized carbons (Fsp3) is 0.207. The fourth-order valence-electron chi connectivity index (χ4n) is 4.32. The van der Waals surface area contributed by atoms with E-state index in [-0.39, 0.29) is 17.4 Å². The third-order valence-corrected chi connectivity index (χ3v) is 6.17. The SMILES string of the molecule is CC(=O)c1ccc(NC(=O)/C(C#N)=C\N2CCN(C(c3ccccc3)c3ccccc3)CC2)cc1. The van der Waals surface area contributed by atoms with Crippen molar-refractivity contribution < 1.29 is 9.59 Å². The second-order valence-electron chi connectivity index (χ2n) is 8.54. The number of nitriles is 1. The van der Waals surface area contributed by atoms with E-state index in [0.29, 0.717) is 24.3 Å². The summed E-state index contributed by atoms with van der Waals surface area (Å²) in [5.41, 5.74) is 3.66. The van der Waals surface area contributed by atoms with Crippen molar-refractivity contribution in [1.29, 1.82) is 5.26 Å². The Kier molecular flexibility index (Phi) is 7.71. The summed E-state index contributed by atoms with van der Waals surface area (Å²) < 4.78 is 0. The molecule has 0 atom stereocenters. The minimum absolute atomic E-state index is 0.0404. The number of amides is 1. The van der Waals surface area contributed by atoms with Crippen LogP contribution >= 0.6 is 0 Å². The topological polar surface area (TPSA) is 76.4 Å². The molecule has 6 nitrogen and oxygen atoms in total. The van der Waals surface area contributed by atoms with E-state index in [1.165, 1.54) is 18.1 Å². The highest BCUT2D eigenvalue weighted by Crippen LogP contribution is 2.29. The molecule has 0 aliphatic carbocycles. The number of Topliss-reactive ketones (excluding diaryl/α,β-unsaturated/α-hetero) is 1. The van der Waals surface area contributed by atoms with E-state index in [1.54, 1.807) is 30.5 Å². The third kappa shape index (κ3) is 6.03. The highest BCUT2D eigenvalue weighted by Gasteiger charge is 2.26. The summed E-state index contributed by atoms with van der Waals surface area (Å²) in [5.74, 6) is -0.502. The van der Waals surface area contributed by atoms with Crippen LogP contribution in [0.15, 0.2) is 96.7 Å². The number of hydrogen-bond acceptors (Lipinski definition) is 5. The normalized spacial score (nSPS) is 14.4. The van der Waals surface area contributed by atoms with E-state index >= 15 is 0 Å². The Balaban J connectivity index is 1.42. The van der Waals surface area contributed by atoms with Crippen molar-refractivity contribution in [2.75, 3.05) is 31.5 Å². The first-order chi connectivity index (χ1) is 17.0. The van der Waals surface area contributed by atoms with Gasteiger partial charge in [-0.2, -0.15) is 5.26 Å². The van der Waals surface area contributed by atoms with E-state index in [1.807, 2.05) is 23.1 Å². The number of nitrogens with zero attached hydrogens (tertiary/aromatic N) is 3. The van der Waals surface area contributed by atoms with E-state index < -0.39 is 5.91 Å². The van der Waals surface area contributed by atoms with Crippen molar-refractivity contribution in [2.24, 2.45) is 0 Å². The first-order valence-corrected chi connectivity index (χ1v) is 11.7. The summed E-state index contributed by atoms with van der Waals surface area (Å²) in [6, 6.07) is 29.8. The summed E-state index contributed by atoms with van der Waals surface area (Å²) in [4.78, 5) is 28.6. The van der Waals surface area contributed by atoms with Crippen LogP contribution in [0.4, 0.5) is 5.69 Å². The fourth-order valence-corrected chi connectivity index (χ4v) is 4.32. The summed E-state index contributed by atoms with van der Waals surface area (Å²) in [6.07, 6.45) is 1.65. The number of nitrogens with one attached hydrogen (secondary N) is 1. The molecule has 1 N–H and O–H groups in total. The summed E-state index contributed by atoms with van der Waals surface area (Å²) >= 11 is 0. The zero-order chi connectivity index (χ0) is 24.6. The lowest BCUT2D eigenvalue weighted by Crippen LogP contribution is -2.46. The van der Waals surface area contributed by atoms with Gasteiger partial charge in [-0.3, -0.25) is 14.5 Å². The molecule has 3 aromatic carbocycles. The first-order valence-electron chi connectivity index (χ1n) is 11.7. The van der Waals surface area contributed by atoms with E-state index in [9.17, 15) is 14.9 Å². The maximum Gasteiger partial charge on any atom is 0.267 e. The maximum absolute atomic E-state index is 12.7. The number of rotatable bonds is 7. The highest BCUT2D eigenvalue weighted by atomic mass is 16.1. The van der Waals surface area contributed by atoms with E-state index in [2.05, 4.69) is 58.7 Å². The number of piperazine rings is 1. The Bertz CT molecular complexity index is 1180. The Morgan fingerprint density at radius 2 is 1.40 bits per heavy atom. The van der Waals surface area contributed by atoms with Gasteiger partial charge in [0.15, 0.2) is 5.78 Å². The van der Waals surface area contributed by atoms with Crippen LogP contribution in [-0.2, 0) is 4.79 Å². The lowest BCUT2D eigenvalue weighted by Gasteiger charge is -2.39. The monoisotopic (exact) mass is 464 g/mol. The van der Waals surface area contributed by atoms with Crippen molar-refractivity contribution in [3.63, 3.8) is 0 Å². The van der Waals surface area contributed by atoms with Crippen molar-refractivity contribution >= 4 is 17.4 Å². The molecule has 0 bridgehead atoms. The zero-order valence-corrected chi connectivity index (χ0v) is 19.7. The average molecular weight is 465 g/mol. The molecule has 1 saturated heterocycles. The minimum Gasteiger partial charge on any atom is -0.374 e. The van der Waals surface area contributed by atoms with Crippen LogP contribution in [0.5, 0.6) is 0 Å². The zero-order valence-electron chi connectivity index (χ0n) is 19.7.